The number of aromatic nitrogens is 3. The molecule has 3 heterocycles. The van der Waals surface area contributed by atoms with Crippen LogP contribution in [0.15, 0.2) is 30.7 Å². The number of aryl methyl sites for hydroxylation is 1. The first kappa shape index (κ1) is 17.1. The van der Waals surface area contributed by atoms with Gasteiger partial charge in [0, 0.05) is 19.3 Å². The molecule has 0 unspecified atom stereocenters. The lowest BCUT2D eigenvalue weighted by Gasteiger charge is -2.08. The number of thiophene rings is 1. The molecule has 0 aromatic carbocycles. The van der Waals surface area contributed by atoms with Crippen LogP contribution in [-0.2, 0) is 4.74 Å². The predicted molar refractivity (Wildman–Crippen MR) is 99.3 cm³/mol. The summed E-state index contributed by atoms with van der Waals surface area (Å²) in [4.78, 5) is 26.2. The van der Waals surface area contributed by atoms with Crippen LogP contribution in [0.1, 0.15) is 22.2 Å². The molecule has 2 N–H and O–H groups in total. The van der Waals surface area contributed by atoms with Crippen LogP contribution in [0.3, 0.4) is 0 Å². The van der Waals surface area contributed by atoms with Crippen molar-refractivity contribution in [1.29, 1.82) is 0 Å². The summed E-state index contributed by atoms with van der Waals surface area (Å²) >= 11 is 1.33. The van der Waals surface area contributed by atoms with Crippen molar-refractivity contribution in [3.63, 3.8) is 0 Å². The average Bonchev–Trinajstić information content (AvgIpc) is 2.98. The average molecular weight is 357 g/mol. The van der Waals surface area contributed by atoms with E-state index >= 15 is 0 Å². The van der Waals surface area contributed by atoms with Crippen LogP contribution in [0.4, 0.5) is 11.6 Å². The highest BCUT2D eigenvalue weighted by Gasteiger charge is 2.19. The number of pyridine rings is 1. The lowest BCUT2D eigenvalue weighted by Crippen LogP contribution is -2.15. The van der Waals surface area contributed by atoms with Crippen molar-refractivity contribution in [3.05, 3.63) is 41.2 Å². The molecule has 0 aliphatic carbocycles. The second kappa shape index (κ2) is 7.89. The number of nitrogens with one attached hydrogen (secondary N) is 2. The molecule has 0 bridgehead atoms. The molecule has 0 saturated carbocycles. The zero-order chi connectivity index (χ0) is 17.6. The standard InChI is InChI=1S/C17H19N5O2S/c1-3-24-17(23)14-11(2)13-15(21-10-22-16(13)25-14)20-9-8-19-12-6-4-5-7-18-12/h4-7,10H,3,8-9H2,1-2H3,(H,18,19)(H,20,21,22). The van der Waals surface area contributed by atoms with E-state index in [1.807, 2.05) is 25.1 Å². The topological polar surface area (TPSA) is 89.0 Å². The number of esters is 1. The van der Waals surface area contributed by atoms with Gasteiger partial charge in [0.1, 0.15) is 27.7 Å². The Kier molecular flexibility index (Phi) is 5.39. The fraction of sp³-hybridized carbons (Fsp3) is 0.294. The first-order valence-corrected chi connectivity index (χ1v) is 8.82. The predicted octanol–water partition coefficient (Wildman–Crippen LogP) is 3.10. The van der Waals surface area contributed by atoms with Crippen LogP contribution in [-0.4, -0.2) is 40.6 Å². The molecule has 0 saturated heterocycles. The number of carbonyl (C=O) groups excluding carboxylic acids is 1. The van der Waals surface area contributed by atoms with Crippen molar-refractivity contribution in [1.82, 2.24) is 15.0 Å². The van der Waals surface area contributed by atoms with E-state index in [0.29, 0.717) is 24.6 Å². The van der Waals surface area contributed by atoms with Gasteiger partial charge in [-0.2, -0.15) is 0 Å². The van der Waals surface area contributed by atoms with Gasteiger partial charge >= 0.3 is 5.97 Å². The van der Waals surface area contributed by atoms with Gasteiger partial charge in [-0.05, 0) is 31.5 Å². The number of hydrogen-bond donors (Lipinski definition) is 2. The SMILES string of the molecule is CCOC(=O)c1sc2ncnc(NCCNc3ccccn3)c2c1C. The Bertz CT molecular complexity index is 866. The van der Waals surface area contributed by atoms with Crippen LogP contribution in [0.25, 0.3) is 10.2 Å². The third-order valence-electron chi connectivity index (χ3n) is 3.58. The van der Waals surface area contributed by atoms with Crippen LogP contribution in [0.2, 0.25) is 0 Å². The van der Waals surface area contributed by atoms with E-state index in [-0.39, 0.29) is 5.97 Å². The van der Waals surface area contributed by atoms with Crippen molar-refractivity contribution < 1.29 is 9.53 Å². The fourth-order valence-corrected chi connectivity index (χ4v) is 3.48. The number of carbonyl (C=O) groups is 1. The summed E-state index contributed by atoms with van der Waals surface area (Å²) in [5.41, 5.74) is 0.847. The Hall–Kier alpha value is -2.74. The zero-order valence-corrected chi connectivity index (χ0v) is 14.9. The highest BCUT2D eigenvalue weighted by atomic mass is 32.1. The maximum absolute atomic E-state index is 12.1. The third kappa shape index (κ3) is 3.85. The van der Waals surface area contributed by atoms with Crippen molar-refractivity contribution in [2.75, 3.05) is 30.3 Å². The molecule has 3 aromatic rings. The van der Waals surface area contributed by atoms with E-state index in [4.69, 9.17) is 4.74 Å². The lowest BCUT2D eigenvalue weighted by molar-refractivity contribution is 0.0531. The molecule has 7 nitrogen and oxygen atoms in total. The fourth-order valence-electron chi connectivity index (χ4n) is 2.44. The molecule has 0 atom stereocenters. The molecule has 0 amide bonds. The van der Waals surface area contributed by atoms with E-state index in [1.165, 1.54) is 17.7 Å². The zero-order valence-electron chi connectivity index (χ0n) is 14.1. The number of fused-ring (bicyclic) bond motifs is 1. The number of rotatable bonds is 7. The van der Waals surface area contributed by atoms with Crippen LogP contribution in [0, 0.1) is 6.92 Å². The second-order valence-corrected chi connectivity index (χ2v) is 6.25. The molecule has 0 aliphatic rings. The van der Waals surface area contributed by atoms with E-state index in [0.717, 1.165) is 27.4 Å². The second-order valence-electron chi connectivity index (χ2n) is 5.25. The molecular formula is C17H19N5O2S. The minimum absolute atomic E-state index is 0.314. The van der Waals surface area contributed by atoms with Gasteiger partial charge < -0.3 is 15.4 Å². The molecular weight excluding hydrogens is 338 g/mol. The van der Waals surface area contributed by atoms with Gasteiger partial charge in [-0.25, -0.2) is 19.7 Å². The Labute approximate surface area is 149 Å². The van der Waals surface area contributed by atoms with E-state index in [9.17, 15) is 4.79 Å². The molecule has 25 heavy (non-hydrogen) atoms. The van der Waals surface area contributed by atoms with Crippen molar-refractivity contribution >= 4 is 39.2 Å². The largest absolute Gasteiger partial charge is 0.462 e. The monoisotopic (exact) mass is 357 g/mol. The third-order valence-corrected chi connectivity index (χ3v) is 4.76. The summed E-state index contributed by atoms with van der Waals surface area (Å²) < 4.78 is 5.11. The summed E-state index contributed by atoms with van der Waals surface area (Å²) in [7, 11) is 0. The minimum atomic E-state index is -0.314. The molecule has 3 rings (SSSR count). The van der Waals surface area contributed by atoms with Crippen LogP contribution in [0.5, 0.6) is 0 Å². The molecule has 0 aliphatic heterocycles. The summed E-state index contributed by atoms with van der Waals surface area (Å²) in [6.45, 7) is 5.39. The first-order chi connectivity index (χ1) is 12.2. The normalized spacial score (nSPS) is 10.6. The van der Waals surface area contributed by atoms with Gasteiger partial charge in [-0.1, -0.05) is 6.07 Å². The number of nitrogens with zero attached hydrogens (tertiary/aromatic N) is 3. The Morgan fingerprint density at radius 1 is 1.20 bits per heavy atom. The summed E-state index contributed by atoms with van der Waals surface area (Å²) in [6.07, 6.45) is 3.25. The summed E-state index contributed by atoms with van der Waals surface area (Å²) in [5, 5.41) is 7.39. The van der Waals surface area contributed by atoms with Gasteiger partial charge in [0.25, 0.3) is 0 Å². The summed E-state index contributed by atoms with van der Waals surface area (Å²) in [5.74, 6) is 1.23. The molecule has 3 aromatic heterocycles. The molecule has 0 spiro atoms. The molecule has 0 radical (unpaired) electrons. The van der Waals surface area contributed by atoms with E-state index < -0.39 is 0 Å². The number of anilines is 2. The van der Waals surface area contributed by atoms with Gasteiger partial charge in [-0.3, -0.25) is 0 Å². The Morgan fingerprint density at radius 2 is 2.04 bits per heavy atom. The highest BCUT2D eigenvalue weighted by molar-refractivity contribution is 7.20. The molecule has 8 heteroatoms. The van der Waals surface area contributed by atoms with Crippen molar-refractivity contribution in [2.24, 2.45) is 0 Å². The quantitative estimate of drug-likeness (QED) is 0.496. The smallest absolute Gasteiger partial charge is 0.348 e. The van der Waals surface area contributed by atoms with Crippen LogP contribution >= 0.6 is 11.3 Å². The number of hydrogen-bond acceptors (Lipinski definition) is 8. The maximum atomic E-state index is 12.1. The first-order valence-electron chi connectivity index (χ1n) is 8.00. The number of ether oxygens (including phenoxy) is 1. The van der Waals surface area contributed by atoms with Gasteiger partial charge in [0.2, 0.25) is 0 Å². The van der Waals surface area contributed by atoms with Crippen molar-refractivity contribution in [2.45, 2.75) is 13.8 Å². The molecule has 0 fully saturated rings. The highest BCUT2D eigenvalue weighted by Crippen LogP contribution is 2.33. The minimum Gasteiger partial charge on any atom is -0.462 e. The Balaban J connectivity index is 1.72. The van der Waals surface area contributed by atoms with Gasteiger partial charge in [0.15, 0.2) is 0 Å². The Morgan fingerprint density at radius 3 is 2.80 bits per heavy atom. The van der Waals surface area contributed by atoms with Crippen LogP contribution < -0.4 is 10.6 Å². The lowest BCUT2D eigenvalue weighted by atomic mass is 10.2. The van der Waals surface area contributed by atoms with E-state index in [2.05, 4.69) is 25.6 Å². The summed E-state index contributed by atoms with van der Waals surface area (Å²) in [6, 6.07) is 5.72. The molecule has 130 valence electrons. The van der Waals surface area contributed by atoms with Gasteiger partial charge in [0.05, 0.1) is 12.0 Å². The van der Waals surface area contributed by atoms with Gasteiger partial charge in [-0.15, -0.1) is 11.3 Å². The van der Waals surface area contributed by atoms with Crippen molar-refractivity contribution in [3.8, 4) is 0 Å². The maximum Gasteiger partial charge on any atom is 0.348 e. The van der Waals surface area contributed by atoms with E-state index in [1.54, 1.807) is 13.1 Å².